The van der Waals surface area contributed by atoms with Crippen molar-refractivity contribution in [3.05, 3.63) is 82.9 Å². The normalized spacial score (nSPS) is 15.4. The molecule has 36 heavy (non-hydrogen) atoms. The van der Waals surface area contributed by atoms with Crippen molar-refractivity contribution < 1.29 is 27.3 Å². The van der Waals surface area contributed by atoms with Crippen LogP contribution in [0.5, 0.6) is 0 Å². The Labute approximate surface area is 207 Å². The van der Waals surface area contributed by atoms with E-state index in [-0.39, 0.29) is 23.7 Å². The molecule has 5 nitrogen and oxygen atoms in total. The number of piperazine rings is 1. The lowest BCUT2D eigenvalue weighted by Crippen LogP contribution is -2.49. The Balaban J connectivity index is 1.24. The van der Waals surface area contributed by atoms with E-state index >= 15 is 0 Å². The van der Waals surface area contributed by atoms with Crippen LogP contribution in [0.4, 0.5) is 23.4 Å². The molecule has 1 fully saturated rings. The van der Waals surface area contributed by atoms with Crippen LogP contribution < -0.4 is 10.4 Å². The quantitative estimate of drug-likeness (QED) is 0.374. The van der Waals surface area contributed by atoms with Crippen molar-refractivity contribution in [1.29, 1.82) is 0 Å². The van der Waals surface area contributed by atoms with Gasteiger partial charge < -0.3 is 27.5 Å². The van der Waals surface area contributed by atoms with Crippen molar-refractivity contribution in [3.63, 3.8) is 0 Å². The Morgan fingerprint density at radius 3 is 2.11 bits per heavy atom. The van der Waals surface area contributed by atoms with Crippen molar-refractivity contribution >= 4 is 30.5 Å². The topological polar surface area (TPSA) is 49.9 Å². The molecule has 3 aromatic rings. The number of anilines is 1. The minimum Gasteiger partial charge on any atom is -0.448 e. The number of carbonyl (C=O) groups is 2. The van der Waals surface area contributed by atoms with E-state index in [1.165, 1.54) is 13.0 Å². The fourth-order valence-corrected chi connectivity index (χ4v) is 5.22. The number of benzene rings is 3. The van der Waals surface area contributed by atoms with Crippen LogP contribution in [0.15, 0.2) is 60.7 Å². The highest BCUT2D eigenvalue weighted by atomic mass is 19.4. The van der Waals surface area contributed by atoms with Crippen LogP contribution in [0.25, 0.3) is 11.1 Å². The summed E-state index contributed by atoms with van der Waals surface area (Å²) in [6.07, 6.45) is 0.0187. The van der Waals surface area contributed by atoms with Gasteiger partial charge in [-0.3, -0.25) is 4.79 Å². The van der Waals surface area contributed by atoms with Crippen LogP contribution in [0.1, 0.15) is 33.0 Å². The lowest BCUT2D eigenvalue weighted by molar-refractivity contribution is 0.0976. The average molecular weight is 493 g/mol. The standard InChI is InChI=1S/C27H25BF3N2O3/c1-18-19(16-34)14-20(15-26(18)28(29,30)31)32-10-12-33(13-11-32)27(35)36-17-25-23-8-4-2-6-21(23)22-7-3-5-9-24(22)25/h2-9,14-16,25H,10-13,17H2,1H3/q-1. The molecule has 1 amide bonds. The van der Waals surface area contributed by atoms with E-state index in [1.54, 1.807) is 9.80 Å². The van der Waals surface area contributed by atoms with Gasteiger partial charge in [0.05, 0.1) is 0 Å². The maximum Gasteiger partial charge on any atom is 0.509 e. The minimum absolute atomic E-state index is 0.0284. The van der Waals surface area contributed by atoms with E-state index in [2.05, 4.69) is 24.3 Å². The second-order valence-electron chi connectivity index (χ2n) is 9.22. The highest BCUT2D eigenvalue weighted by Crippen LogP contribution is 2.44. The fourth-order valence-electron chi connectivity index (χ4n) is 5.22. The van der Waals surface area contributed by atoms with E-state index in [9.17, 15) is 22.5 Å². The third-order valence-electron chi connectivity index (χ3n) is 7.19. The largest absolute Gasteiger partial charge is 0.509 e. The molecule has 0 aromatic heterocycles. The highest BCUT2D eigenvalue weighted by molar-refractivity contribution is 6.74. The van der Waals surface area contributed by atoms with E-state index in [0.29, 0.717) is 38.2 Å². The third-order valence-corrected chi connectivity index (χ3v) is 7.19. The summed E-state index contributed by atoms with van der Waals surface area (Å²) in [7, 11) is 0. The summed E-state index contributed by atoms with van der Waals surface area (Å²) >= 11 is 0. The van der Waals surface area contributed by atoms with Gasteiger partial charge >= 0.3 is 13.1 Å². The maximum atomic E-state index is 13.5. The van der Waals surface area contributed by atoms with Gasteiger partial charge in [0.1, 0.15) is 12.9 Å². The van der Waals surface area contributed by atoms with Gasteiger partial charge in [-0.15, -0.1) is 5.46 Å². The van der Waals surface area contributed by atoms with Crippen molar-refractivity contribution in [2.75, 3.05) is 37.7 Å². The lowest BCUT2D eigenvalue weighted by Gasteiger charge is -2.36. The van der Waals surface area contributed by atoms with Gasteiger partial charge in [0.25, 0.3) is 0 Å². The predicted molar refractivity (Wildman–Crippen MR) is 134 cm³/mol. The Morgan fingerprint density at radius 2 is 1.56 bits per heavy atom. The van der Waals surface area contributed by atoms with Gasteiger partial charge in [0.2, 0.25) is 0 Å². The second-order valence-corrected chi connectivity index (χ2v) is 9.22. The summed E-state index contributed by atoms with van der Waals surface area (Å²) in [6.45, 7) is -2.41. The molecule has 2 aliphatic rings. The number of amides is 1. The molecule has 0 N–H and O–H groups in total. The Bertz CT molecular complexity index is 1270. The van der Waals surface area contributed by atoms with Crippen LogP contribution in [0.3, 0.4) is 0 Å². The third kappa shape index (κ3) is 4.34. The van der Waals surface area contributed by atoms with Crippen molar-refractivity contribution in [3.8, 4) is 11.1 Å². The number of carbonyl (C=O) groups excluding carboxylic acids is 2. The molecule has 0 unspecified atom stereocenters. The van der Waals surface area contributed by atoms with Crippen molar-refractivity contribution in [2.45, 2.75) is 12.8 Å². The Morgan fingerprint density at radius 1 is 0.972 bits per heavy atom. The maximum absolute atomic E-state index is 13.5. The number of nitrogens with zero attached hydrogens (tertiary/aromatic N) is 2. The first-order chi connectivity index (χ1) is 17.3. The number of hydrogen-bond donors (Lipinski definition) is 0. The fraction of sp³-hybridized carbons (Fsp3) is 0.259. The van der Waals surface area contributed by atoms with Gasteiger partial charge in [0.15, 0.2) is 0 Å². The molecule has 1 aliphatic carbocycles. The molecule has 1 saturated heterocycles. The van der Waals surface area contributed by atoms with E-state index in [4.69, 9.17) is 4.74 Å². The summed E-state index contributed by atoms with van der Waals surface area (Å²) in [6, 6.07) is 18.8. The highest BCUT2D eigenvalue weighted by Gasteiger charge is 2.32. The number of rotatable bonds is 5. The molecular formula is C27H25BF3N2O3-. The zero-order valence-corrected chi connectivity index (χ0v) is 19.8. The van der Waals surface area contributed by atoms with E-state index in [1.807, 2.05) is 24.3 Å². The molecule has 3 aromatic carbocycles. The number of aldehydes is 1. The summed E-state index contributed by atoms with van der Waals surface area (Å²) in [5.74, 6) is -0.0420. The van der Waals surface area contributed by atoms with E-state index < -0.39 is 18.5 Å². The van der Waals surface area contributed by atoms with Crippen molar-refractivity contribution in [2.24, 2.45) is 0 Å². The van der Waals surface area contributed by atoms with Crippen LogP contribution >= 0.6 is 0 Å². The van der Waals surface area contributed by atoms with Gasteiger partial charge in [-0.1, -0.05) is 60.2 Å². The Hall–Kier alpha value is -3.75. The summed E-state index contributed by atoms with van der Waals surface area (Å²) in [4.78, 5) is 27.6. The monoisotopic (exact) mass is 493 g/mol. The molecule has 0 atom stereocenters. The molecule has 0 spiro atoms. The smallest absolute Gasteiger partial charge is 0.448 e. The van der Waals surface area contributed by atoms with Crippen LogP contribution in [-0.4, -0.2) is 57.0 Å². The summed E-state index contributed by atoms with van der Waals surface area (Å²) in [5.41, 5.74) is 4.11. The first-order valence-corrected chi connectivity index (χ1v) is 11.9. The molecule has 0 radical (unpaired) electrons. The molecule has 0 bridgehead atoms. The van der Waals surface area contributed by atoms with Gasteiger partial charge in [-0.2, -0.15) is 0 Å². The zero-order valence-electron chi connectivity index (χ0n) is 19.8. The first-order valence-electron chi connectivity index (χ1n) is 11.9. The van der Waals surface area contributed by atoms with Gasteiger partial charge in [0, 0.05) is 43.3 Å². The number of hydrogen-bond acceptors (Lipinski definition) is 4. The minimum atomic E-state index is -5.25. The molecule has 0 saturated carbocycles. The number of ether oxygens (including phenoxy) is 1. The summed E-state index contributed by atoms with van der Waals surface area (Å²) < 4.78 is 46.3. The summed E-state index contributed by atoms with van der Waals surface area (Å²) in [5, 5.41) is 0. The second kappa shape index (κ2) is 9.37. The number of fused-ring (bicyclic) bond motifs is 3. The molecule has 1 heterocycles. The molecule has 1 aliphatic heterocycles. The van der Waals surface area contributed by atoms with Crippen molar-refractivity contribution in [1.82, 2.24) is 4.90 Å². The lowest BCUT2D eigenvalue weighted by atomic mass is 9.75. The first kappa shape index (κ1) is 24.0. The average Bonchev–Trinajstić information content (AvgIpc) is 3.20. The molecular weight excluding hydrogens is 468 g/mol. The van der Waals surface area contributed by atoms with Crippen LogP contribution in [0, 0.1) is 6.92 Å². The Kier molecular flexibility index (Phi) is 6.24. The van der Waals surface area contributed by atoms with Crippen LogP contribution in [-0.2, 0) is 4.74 Å². The predicted octanol–water partition coefficient (Wildman–Crippen LogP) is 4.93. The van der Waals surface area contributed by atoms with Gasteiger partial charge in [-0.05, 0) is 35.2 Å². The van der Waals surface area contributed by atoms with Gasteiger partial charge in [-0.25, -0.2) is 4.79 Å². The SMILES string of the molecule is Cc1c(C=O)cc(N2CCN(C(=O)OCC3c4ccccc4-c4ccccc43)CC2)cc1[B-](F)(F)F. The van der Waals surface area contributed by atoms with E-state index in [0.717, 1.165) is 28.3 Å². The molecule has 186 valence electrons. The van der Waals surface area contributed by atoms with Crippen LogP contribution in [0.2, 0.25) is 0 Å². The number of halogens is 3. The zero-order chi connectivity index (χ0) is 25.4. The molecule has 9 heteroatoms. The molecule has 5 rings (SSSR count).